The smallest absolute Gasteiger partial charge is 0.166 e. The Balaban J connectivity index is 2.09. The average Bonchev–Trinajstić information content (AvgIpc) is 2.74. The van der Waals surface area contributed by atoms with Crippen molar-refractivity contribution >= 4 is 16.3 Å². The summed E-state index contributed by atoms with van der Waals surface area (Å²) in [6.45, 7) is 3.09. The Morgan fingerprint density at radius 2 is 2.18 bits per heavy atom. The molecular formula is C12H16N4S. The van der Waals surface area contributed by atoms with Crippen LogP contribution < -0.4 is 5.73 Å². The molecule has 2 N–H and O–H groups in total. The van der Waals surface area contributed by atoms with E-state index in [0.29, 0.717) is 0 Å². The minimum Gasteiger partial charge on any atom is -0.390 e. The highest BCUT2D eigenvalue weighted by Crippen LogP contribution is 2.33. The second kappa shape index (κ2) is 4.14. The lowest BCUT2D eigenvalue weighted by molar-refractivity contribution is 0.637. The van der Waals surface area contributed by atoms with Crippen LogP contribution in [0.4, 0.5) is 5.00 Å². The van der Waals surface area contributed by atoms with Crippen LogP contribution in [0.3, 0.4) is 0 Å². The fraction of sp³-hybridized carbons (Fsp3) is 0.500. The fourth-order valence-electron chi connectivity index (χ4n) is 2.39. The van der Waals surface area contributed by atoms with Gasteiger partial charge in [0.15, 0.2) is 5.82 Å². The first-order chi connectivity index (χ1) is 8.25. The molecule has 1 aliphatic rings. The first-order valence-corrected chi connectivity index (χ1v) is 6.85. The standard InChI is InChI=1S/C12H16N4S/c1-8-7-9(11(13)17-8)12-15-14-10-5-3-2-4-6-16(10)12/h7H,2-6,13H2,1H3. The second-order valence-corrected chi connectivity index (χ2v) is 5.83. The number of nitrogens with zero attached hydrogens (tertiary/aromatic N) is 3. The summed E-state index contributed by atoms with van der Waals surface area (Å²) in [5.74, 6) is 2.06. The molecule has 90 valence electrons. The Bertz CT molecular complexity index is 541. The summed E-state index contributed by atoms with van der Waals surface area (Å²) >= 11 is 1.62. The Kier molecular flexibility index (Phi) is 2.63. The summed E-state index contributed by atoms with van der Waals surface area (Å²) in [6, 6.07) is 2.11. The van der Waals surface area contributed by atoms with E-state index < -0.39 is 0 Å². The first kappa shape index (κ1) is 10.8. The van der Waals surface area contributed by atoms with Gasteiger partial charge in [-0.25, -0.2) is 0 Å². The van der Waals surface area contributed by atoms with Crippen LogP contribution in [-0.4, -0.2) is 14.8 Å². The molecule has 0 saturated heterocycles. The molecule has 0 atom stereocenters. The Morgan fingerprint density at radius 1 is 1.29 bits per heavy atom. The molecule has 0 aromatic carbocycles. The van der Waals surface area contributed by atoms with Gasteiger partial charge in [0.2, 0.25) is 0 Å². The highest BCUT2D eigenvalue weighted by atomic mass is 32.1. The van der Waals surface area contributed by atoms with Gasteiger partial charge in [-0.1, -0.05) is 6.42 Å². The largest absolute Gasteiger partial charge is 0.390 e. The van der Waals surface area contributed by atoms with Gasteiger partial charge in [-0.15, -0.1) is 21.5 Å². The van der Waals surface area contributed by atoms with Crippen molar-refractivity contribution in [2.24, 2.45) is 0 Å². The molecule has 2 aromatic rings. The van der Waals surface area contributed by atoms with Crippen molar-refractivity contribution in [2.75, 3.05) is 5.73 Å². The van der Waals surface area contributed by atoms with Gasteiger partial charge in [-0.3, -0.25) is 0 Å². The summed E-state index contributed by atoms with van der Waals surface area (Å²) in [6.07, 6.45) is 4.74. The minimum atomic E-state index is 0.849. The van der Waals surface area contributed by atoms with Crippen LogP contribution in [0.2, 0.25) is 0 Å². The number of nitrogen functional groups attached to an aromatic ring is 1. The summed E-state index contributed by atoms with van der Waals surface area (Å²) in [7, 11) is 0. The zero-order chi connectivity index (χ0) is 11.8. The number of fused-ring (bicyclic) bond motifs is 1. The molecular weight excluding hydrogens is 232 g/mol. The molecule has 5 heteroatoms. The van der Waals surface area contributed by atoms with Crippen LogP contribution in [0, 0.1) is 6.92 Å². The molecule has 0 aliphatic carbocycles. The van der Waals surface area contributed by atoms with Crippen molar-refractivity contribution in [3.8, 4) is 11.4 Å². The van der Waals surface area contributed by atoms with Crippen molar-refractivity contribution in [1.82, 2.24) is 14.8 Å². The summed E-state index contributed by atoms with van der Waals surface area (Å²) in [5.41, 5.74) is 7.09. The third-order valence-electron chi connectivity index (χ3n) is 3.23. The predicted octanol–water partition coefficient (Wildman–Crippen LogP) is 2.62. The van der Waals surface area contributed by atoms with Crippen LogP contribution in [0.15, 0.2) is 6.07 Å². The number of aryl methyl sites for hydroxylation is 2. The molecule has 3 rings (SSSR count). The van der Waals surface area contributed by atoms with Crippen molar-refractivity contribution in [2.45, 2.75) is 39.2 Å². The number of hydrogen-bond donors (Lipinski definition) is 1. The molecule has 0 spiro atoms. The number of nitrogens with two attached hydrogens (primary N) is 1. The van der Waals surface area contributed by atoms with E-state index in [1.165, 1.54) is 24.1 Å². The van der Waals surface area contributed by atoms with Crippen molar-refractivity contribution < 1.29 is 0 Å². The van der Waals surface area contributed by atoms with Gasteiger partial charge in [-0.05, 0) is 25.8 Å². The van der Waals surface area contributed by atoms with Gasteiger partial charge in [-0.2, -0.15) is 0 Å². The Morgan fingerprint density at radius 3 is 2.94 bits per heavy atom. The van der Waals surface area contributed by atoms with E-state index in [0.717, 1.165) is 35.2 Å². The highest BCUT2D eigenvalue weighted by molar-refractivity contribution is 7.16. The van der Waals surface area contributed by atoms with Crippen molar-refractivity contribution in [3.63, 3.8) is 0 Å². The normalized spacial score (nSPS) is 15.6. The third kappa shape index (κ3) is 1.84. The van der Waals surface area contributed by atoms with Gasteiger partial charge >= 0.3 is 0 Å². The van der Waals surface area contributed by atoms with Gasteiger partial charge in [0.1, 0.15) is 5.82 Å². The van der Waals surface area contributed by atoms with E-state index >= 15 is 0 Å². The fourth-order valence-corrected chi connectivity index (χ4v) is 3.18. The SMILES string of the molecule is Cc1cc(-c2nnc3n2CCCCC3)c(N)s1. The molecule has 0 bridgehead atoms. The number of anilines is 1. The molecule has 4 nitrogen and oxygen atoms in total. The van der Waals surface area contributed by atoms with Crippen molar-refractivity contribution in [3.05, 3.63) is 16.8 Å². The van der Waals surface area contributed by atoms with Crippen LogP contribution in [0.25, 0.3) is 11.4 Å². The molecule has 0 saturated carbocycles. The van der Waals surface area contributed by atoms with E-state index in [2.05, 4.69) is 27.8 Å². The Labute approximate surface area is 104 Å². The topological polar surface area (TPSA) is 56.7 Å². The van der Waals surface area contributed by atoms with E-state index in [9.17, 15) is 0 Å². The minimum absolute atomic E-state index is 0.849. The maximum Gasteiger partial charge on any atom is 0.166 e. The number of hydrogen-bond acceptors (Lipinski definition) is 4. The number of rotatable bonds is 1. The molecule has 0 unspecified atom stereocenters. The number of thiophene rings is 1. The lowest BCUT2D eigenvalue weighted by atomic mass is 10.2. The van der Waals surface area contributed by atoms with E-state index in [4.69, 9.17) is 5.73 Å². The van der Waals surface area contributed by atoms with Crippen LogP contribution in [0.5, 0.6) is 0 Å². The highest BCUT2D eigenvalue weighted by Gasteiger charge is 2.18. The summed E-state index contributed by atoms with van der Waals surface area (Å²) in [5, 5.41) is 9.48. The van der Waals surface area contributed by atoms with E-state index in [1.807, 2.05) is 0 Å². The van der Waals surface area contributed by atoms with Crippen LogP contribution in [0.1, 0.15) is 30.0 Å². The zero-order valence-electron chi connectivity index (χ0n) is 9.94. The quantitative estimate of drug-likeness (QED) is 0.844. The summed E-state index contributed by atoms with van der Waals surface area (Å²) < 4.78 is 2.24. The maximum atomic E-state index is 6.04. The molecule has 2 aromatic heterocycles. The zero-order valence-corrected chi connectivity index (χ0v) is 10.8. The first-order valence-electron chi connectivity index (χ1n) is 6.04. The molecule has 0 amide bonds. The van der Waals surface area contributed by atoms with Crippen molar-refractivity contribution in [1.29, 1.82) is 0 Å². The second-order valence-electron chi connectivity index (χ2n) is 4.54. The maximum absolute atomic E-state index is 6.04. The van der Waals surface area contributed by atoms with E-state index in [-0.39, 0.29) is 0 Å². The lowest BCUT2D eigenvalue weighted by Gasteiger charge is -2.05. The lowest BCUT2D eigenvalue weighted by Crippen LogP contribution is -2.03. The molecule has 3 heterocycles. The van der Waals surface area contributed by atoms with Gasteiger partial charge in [0.05, 0.1) is 10.6 Å². The number of aromatic nitrogens is 3. The van der Waals surface area contributed by atoms with E-state index in [1.54, 1.807) is 11.3 Å². The molecule has 0 radical (unpaired) electrons. The molecule has 17 heavy (non-hydrogen) atoms. The van der Waals surface area contributed by atoms with Gasteiger partial charge in [0, 0.05) is 17.8 Å². The third-order valence-corrected chi connectivity index (χ3v) is 4.11. The Hall–Kier alpha value is -1.36. The van der Waals surface area contributed by atoms with Gasteiger partial charge in [0.25, 0.3) is 0 Å². The predicted molar refractivity (Wildman–Crippen MR) is 70.0 cm³/mol. The monoisotopic (exact) mass is 248 g/mol. The average molecular weight is 248 g/mol. The molecule has 1 aliphatic heterocycles. The molecule has 0 fully saturated rings. The van der Waals surface area contributed by atoms with Crippen LogP contribution in [-0.2, 0) is 13.0 Å². The van der Waals surface area contributed by atoms with Gasteiger partial charge < -0.3 is 10.3 Å². The van der Waals surface area contributed by atoms with Crippen LogP contribution >= 0.6 is 11.3 Å². The summed E-state index contributed by atoms with van der Waals surface area (Å²) in [4.78, 5) is 1.23.